The van der Waals surface area contributed by atoms with Crippen LogP contribution in [0.3, 0.4) is 0 Å². The van der Waals surface area contributed by atoms with Gasteiger partial charge in [-0.15, -0.1) is 0 Å². The first-order valence-corrected chi connectivity index (χ1v) is 9.84. The quantitative estimate of drug-likeness (QED) is 0.675. The standard InChI is InChI=1S/C17H27FN2O3S/c1-4-6-7-14(5-2)12-19-17(21)13(3)20-24(22,23)16-10-8-15(18)9-11-16/h8-11,13-14,20H,4-7,12H2,1-3H3,(H,19,21)/t13-,14+/m0/s1. The molecule has 1 aromatic rings. The highest BCUT2D eigenvalue weighted by atomic mass is 32.2. The Morgan fingerprint density at radius 3 is 2.38 bits per heavy atom. The summed E-state index contributed by atoms with van der Waals surface area (Å²) in [5.41, 5.74) is 0. The number of carbonyl (C=O) groups excluding carboxylic acids is 1. The minimum Gasteiger partial charge on any atom is -0.354 e. The molecule has 0 unspecified atom stereocenters. The number of carbonyl (C=O) groups is 1. The molecule has 0 aliphatic heterocycles. The maximum absolute atomic E-state index is 12.9. The summed E-state index contributed by atoms with van der Waals surface area (Å²) in [6, 6.07) is 3.57. The zero-order valence-corrected chi connectivity index (χ0v) is 15.3. The Labute approximate surface area is 144 Å². The molecule has 7 heteroatoms. The first-order chi connectivity index (χ1) is 11.3. The summed E-state index contributed by atoms with van der Waals surface area (Å²) in [5, 5.41) is 2.80. The van der Waals surface area contributed by atoms with Crippen LogP contribution < -0.4 is 10.0 Å². The fourth-order valence-electron chi connectivity index (χ4n) is 2.31. The van der Waals surface area contributed by atoms with Crippen molar-refractivity contribution in [1.29, 1.82) is 0 Å². The van der Waals surface area contributed by atoms with Crippen molar-refractivity contribution in [2.75, 3.05) is 6.54 Å². The van der Waals surface area contributed by atoms with E-state index in [2.05, 4.69) is 23.9 Å². The summed E-state index contributed by atoms with van der Waals surface area (Å²) >= 11 is 0. The van der Waals surface area contributed by atoms with Gasteiger partial charge in [0.2, 0.25) is 15.9 Å². The van der Waals surface area contributed by atoms with Gasteiger partial charge >= 0.3 is 0 Å². The largest absolute Gasteiger partial charge is 0.354 e. The Kier molecular flexibility index (Phi) is 8.35. The molecule has 1 rings (SSSR count). The van der Waals surface area contributed by atoms with Gasteiger partial charge in [0, 0.05) is 6.54 Å². The molecule has 0 heterocycles. The lowest BCUT2D eigenvalue weighted by molar-refractivity contribution is -0.122. The van der Waals surface area contributed by atoms with E-state index in [4.69, 9.17) is 0 Å². The van der Waals surface area contributed by atoms with Crippen LogP contribution in [0.25, 0.3) is 0 Å². The predicted octanol–water partition coefficient (Wildman–Crippen LogP) is 2.83. The Hall–Kier alpha value is -1.47. The molecule has 5 nitrogen and oxygen atoms in total. The highest BCUT2D eigenvalue weighted by Crippen LogP contribution is 2.12. The van der Waals surface area contributed by atoms with E-state index in [0.29, 0.717) is 12.5 Å². The number of amides is 1. The van der Waals surface area contributed by atoms with Crippen LogP contribution in [0.4, 0.5) is 4.39 Å². The van der Waals surface area contributed by atoms with Crippen LogP contribution in [-0.2, 0) is 14.8 Å². The van der Waals surface area contributed by atoms with Gasteiger partial charge in [-0.25, -0.2) is 12.8 Å². The molecule has 0 bridgehead atoms. The van der Waals surface area contributed by atoms with E-state index in [1.165, 1.54) is 19.1 Å². The minimum absolute atomic E-state index is 0.0714. The first kappa shape index (κ1) is 20.6. The van der Waals surface area contributed by atoms with Gasteiger partial charge < -0.3 is 5.32 Å². The number of nitrogens with one attached hydrogen (secondary N) is 2. The molecule has 1 aromatic carbocycles. The van der Waals surface area contributed by atoms with E-state index in [1.807, 2.05) is 0 Å². The third-order valence-electron chi connectivity index (χ3n) is 3.96. The molecule has 0 aliphatic carbocycles. The van der Waals surface area contributed by atoms with Crippen molar-refractivity contribution in [3.63, 3.8) is 0 Å². The number of hydrogen-bond donors (Lipinski definition) is 2. The maximum Gasteiger partial charge on any atom is 0.241 e. The van der Waals surface area contributed by atoms with Gasteiger partial charge in [-0.05, 0) is 43.5 Å². The van der Waals surface area contributed by atoms with Crippen LogP contribution in [0.15, 0.2) is 29.2 Å². The number of halogens is 1. The van der Waals surface area contributed by atoms with Crippen LogP contribution in [0.5, 0.6) is 0 Å². The van der Waals surface area contributed by atoms with E-state index in [9.17, 15) is 17.6 Å². The summed E-state index contributed by atoms with van der Waals surface area (Å²) in [4.78, 5) is 12.0. The number of unbranched alkanes of at least 4 members (excludes halogenated alkanes) is 1. The molecule has 0 spiro atoms. The van der Waals surface area contributed by atoms with Crippen LogP contribution in [0.1, 0.15) is 46.5 Å². The maximum atomic E-state index is 12.9. The average molecular weight is 358 g/mol. The van der Waals surface area contributed by atoms with Gasteiger partial charge in [-0.1, -0.05) is 33.1 Å². The monoisotopic (exact) mass is 358 g/mol. The van der Waals surface area contributed by atoms with Gasteiger partial charge in [0.05, 0.1) is 10.9 Å². The topological polar surface area (TPSA) is 75.3 Å². The third kappa shape index (κ3) is 6.57. The van der Waals surface area contributed by atoms with E-state index in [1.54, 1.807) is 0 Å². The van der Waals surface area contributed by atoms with Crippen LogP contribution >= 0.6 is 0 Å². The molecule has 136 valence electrons. The molecule has 0 saturated heterocycles. The van der Waals surface area contributed by atoms with Crippen LogP contribution in [0, 0.1) is 11.7 Å². The van der Waals surface area contributed by atoms with Crippen molar-refractivity contribution in [3.05, 3.63) is 30.1 Å². The van der Waals surface area contributed by atoms with Crippen molar-refractivity contribution >= 4 is 15.9 Å². The van der Waals surface area contributed by atoms with Crippen LogP contribution in [0.2, 0.25) is 0 Å². The summed E-state index contributed by atoms with van der Waals surface area (Å²) in [7, 11) is -3.86. The lowest BCUT2D eigenvalue weighted by Gasteiger charge is -2.18. The second-order valence-corrected chi connectivity index (χ2v) is 7.67. The van der Waals surface area contributed by atoms with Crippen molar-refractivity contribution in [2.45, 2.75) is 57.4 Å². The molecule has 0 radical (unpaired) electrons. The lowest BCUT2D eigenvalue weighted by Crippen LogP contribution is -2.45. The number of benzene rings is 1. The number of rotatable bonds is 10. The summed E-state index contributed by atoms with van der Waals surface area (Å²) < 4.78 is 39.6. The predicted molar refractivity (Wildman–Crippen MR) is 92.5 cm³/mol. The Balaban J connectivity index is 2.58. The normalized spacial score (nSPS) is 14.2. The van der Waals surface area contributed by atoms with Crippen molar-refractivity contribution in [3.8, 4) is 0 Å². The number of sulfonamides is 1. The SMILES string of the molecule is CCCC[C@@H](CC)CNC(=O)[C@H](C)NS(=O)(=O)c1ccc(F)cc1. The van der Waals surface area contributed by atoms with Crippen molar-refractivity contribution in [2.24, 2.45) is 5.92 Å². The van der Waals surface area contributed by atoms with E-state index in [0.717, 1.165) is 37.8 Å². The summed E-state index contributed by atoms with van der Waals surface area (Å²) in [6.07, 6.45) is 4.23. The van der Waals surface area contributed by atoms with Gasteiger partial charge in [-0.3, -0.25) is 4.79 Å². The van der Waals surface area contributed by atoms with Gasteiger partial charge in [0.15, 0.2) is 0 Å². The lowest BCUT2D eigenvalue weighted by atomic mass is 9.99. The molecule has 2 N–H and O–H groups in total. The Bertz CT molecular complexity index is 617. The molecular weight excluding hydrogens is 331 g/mol. The van der Waals surface area contributed by atoms with Gasteiger partial charge in [0.1, 0.15) is 5.82 Å². The first-order valence-electron chi connectivity index (χ1n) is 8.35. The van der Waals surface area contributed by atoms with E-state index >= 15 is 0 Å². The van der Waals surface area contributed by atoms with Crippen molar-refractivity contribution < 1.29 is 17.6 Å². The number of hydrogen-bond acceptors (Lipinski definition) is 3. The smallest absolute Gasteiger partial charge is 0.241 e. The van der Waals surface area contributed by atoms with Gasteiger partial charge in [-0.2, -0.15) is 4.72 Å². The van der Waals surface area contributed by atoms with E-state index < -0.39 is 21.9 Å². The Morgan fingerprint density at radius 1 is 1.21 bits per heavy atom. The van der Waals surface area contributed by atoms with Crippen molar-refractivity contribution in [1.82, 2.24) is 10.0 Å². The molecule has 0 aromatic heterocycles. The zero-order chi connectivity index (χ0) is 18.2. The van der Waals surface area contributed by atoms with Crippen LogP contribution in [-0.4, -0.2) is 26.9 Å². The highest BCUT2D eigenvalue weighted by molar-refractivity contribution is 7.89. The minimum atomic E-state index is -3.86. The second kappa shape index (κ2) is 9.74. The molecule has 0 aliphatic rings. The van der Waals surface area contributed by atoms with Gasteiger partial charge in [0.25, 0.3) is 0 Å². The zero-order valence-electron chi connectivity index (χ0n) is 14.5. The summed E-state index contributed by atoms with van der Waals surface area (Å²) in [5.74, 6) is -0.483. The third-order valence-corrected chi connectivity index (χ3v) is 5.51. The highest BCUT2D eigenvalue weighted by Gasteiger charge is 2.22. The fourth-order valence-corrected chi connectivity index (χ4v) is 3.51. The molecule has 0 fully saturated rings. The molecule has 2 atom stereocenters. The molecule has 1 amide bonds. The van der Waals surface area contributed by atoms with E-state index in [-0.39, 0.29) is 10.8 Å². The summed E-state index contributed by atoms with van der Waals surface area (Å²) in [6.45, 7) is 6.23. The molecule has 0 saturated carbocycles. The second-order valence-electron chi connectivity index (χ2n) is 5.96. The Morgan fingerprint density at radius 2 is 1.83 bits per heavy atom. The molecular formula is C17H27FN2O3S. The fraction of sp³-hybridized carbons (Fsp3) is 0.588. The molecule has 24 heavy (non-hydrogen) atoms. The average Bonchev–Trinajstić information content (AvgIpc) is 2.54.